The first-order valence-corrected chi connectivity index (χ1v) is 18.9. The largest absolute Gasteiger partial charge is 0.495 e. The van der Waals surface area contributed by atoms with Crippen LogP contribution in [0.1, 0.15) is 84.2 Å². The Morgan fingerprint density at radius 2 is 1.55 bits per heavy atom. The summed E-state index contributed by atoms with van der Waals surface area (Å²) < 4.78 is 62.8. The number of aromatic nitrogens is 2. The minimum Gasteiger partial charge on any atom is -0.495 e. The van der Waals surface area contributed by atoms with Gasteiger partial charge in [-0.05, 0) is 114 Å². The molecule has 3 aromatic carbocycles. The van der Waals surface area contributed by atoms with Crippen LogP contribution >= 0.6 is 23.4 Å². The van der Waals surface area contributed by atoms with Gasteiger partial charge in [0.15, 0.2) is 5.16 Å². The Morgan fingerprint density at radius 3 is 2.15 bits per heavy atom. The molecule has 0 bridgehead atoms. The number of amides is 2. The lowest BCUT2D eigenvalue weighted by molar-refractivity contribution is 0.0560. The van der Waals surface area contributed by atoms with E-state index in [-0.39, 0.29) is 30.2 Å². The van der Waals surface area contributed by atoms with Gasteiger partial charge in [0.05, 0.1) is 24.0 Å². The highest BCUT2D eigenvalue weighted by Gasteiger charge is 2.31. The number of benzene rings is 3. The predicted molar refractivity (Wildman–Crippen MR) is 209 cm³/mol. The fourth-order valence-corrected chi connectivity index (χ4v) is 6.58. The van der Waals surface area contributed by atoms with Crippen LogP contribution in [-0.4, -0.2) is 52.6 Å². The molecule has 0 atom stereocenters. The molecule has 2 amide bonds. The zero-order valence-corrected chi connectivity index (χ0v) is 34.0. The van der Waals surface area contributed by atoms with Gasteiger partial charge in [0.1, 0.15) is 34.4 Å². The van der Waals surface area contributed by atoms with Crippen molar-refractivity contribution < 1.29 is 37.0 Å². The quantitative estimate of drug-likeness (QED) is 0.0667. The molecule has 1 aromatic heterocycles. The predicted octanol–water partition coefficient (Wildman–Crippen LogP) is 9.91. The molecule has 0 aliphatic carbocycles. The first-order valence-electron chi connectivity index (χ1n) is 17.5. The van der Waals surface area contributed by atoms with E-state index in [0.717, 1.165) is 23.0 Å². The third-order valence-electron chi connectivity index (χ3n) is 8.02. The van der Waals surface area contributed by atoms with Crippen LogP contribution in [0.25, 0.3) is 5.69 Å². The third-order valence-corrected chi connectivity index (χ3v) is 9.32. The normalized spacial score (nSPS) is 12.3. The number of hydrogen-bond donors (Lipinski definition) is 2. The number of hydrogen-bond acceptors (Lipinski definition) is 7. The van der Waals surface area contributed by atoms with Crippen LogP contribution in [0.3, 0.4) is 0 Å². The molecule has 15 heteroatoms. The Labute approximate surface area is 329 Å². The molecule has 0 radical (unpaired) electrons. The summed E-state index contributed by atoms with van der Waals surface area (Å²) in [6.07, 6.45) is 0.573. The molecule has 0 aliphatic rings. The van der Waals surface area contributed by atoms with Gasteiger partial charge in [0.25, 0.3) is 0 Å². The van der Waals surface area contributed by atoms with Crippen molar-refractivity contribution in [3.05, 3.63) is 106 Å². The molecule has 0 saturated heterocycles. The molecule has 10 nitrogen and oxygen atoms in total. The first kappa shape index (κ1) is 43.0. The number of methoxy groups -OCH3 is 1. The summed E-state index contributed by atoms with van der Waals surface area (Å²) in [5.74, 6) is -1.61. The fourth-order valence-electron chi connectivity index (χ4n) is 5.38. The summed E-state index contributed by atoms with van der Waals surface area (Å²) in [5, 5.41) is 6.18. The Kier molecular flexibility index (Phi) is 14.0. The van der Waals surface area contributed by atoms with E-state index in [9.17, 15) is 14.0 Å². The fraction of sp³-hybridized carbons (Fsp3) is 0.400. The monoisotopic (exact) mass is 801 g/mol. The van der Waals surface area contributed by atoms with E-state index >= 15 is 8.78 Å². The van der Waals surface area contributed by atoms with Crippen LogP contribution in [0.2, 0.25) is 5.02 Å². The van der Waals surface area contributed by atoms with Gasteiger partial charge in [-0.1, -0.05) is 43.3 Å². The number of aliphatic imine (C=N–C) groups is 1. The van der Waals surface area contributed by atoms with Crippen molar-refractivity contribution >= 4 is 41.5 Å². The first-order chi connectivity index (χ1) is 25.7. The zero-order valence-electron chi connectivity index (χ0n) is 32.4. The average Bonchev–Trinajstić information content (AvgIpc) is 3.50. The summed E-state index contributed by atoms with van der Waals surface area (Å²) in [4.78, 5) is 33.1. The number of carbonyl (C=O) groups excluding carboxylic acids is 2. The number of nitrogens with zero attached hydrogens (tertiary/aromatic N) is 3. The minimum atomic E-state index is -0.925. The number of ether oxygens (including phenoxy) is 3. The van der Waals surface area contributed by atoms with E-state index in [1.54, 1.807) is 65.9 Å². The summed E-state index contributed by atoms with van der Waals surface area (Å²) in [6, 6.07) is 14.0. The van der Waals surface area contributed by atoms with Crippen molar-refractivity contribution in [2.75, 3.05) is 13.7 Å². The summed E-state index contributed by atoms with van der Waals surface area (Å²) >= 11 is 7.44. The lowest BCUT2D eigenvalue weighted by Gasteiger charge is -2.28. The number of nitrogens with one attached hydrogen (secondary N) is 2. The Bertz CT molecular complexity index is 2000. The minimum absolute atomic E-state index is 0.0762. The van der Waals surface area contributed by atoms with Gasteiger partial charge in [-0.3, -0.25) is 9.88 Å². The highest BCUT2D eigenvalue weighted by atomic mass is 35.5. The molecule has 1 heterocycles. The number of guanidine groups is 1. The van der Waals surface area contributed by atoms with Crippen LogP contribution in [-0.2, 0) is 27.1 Å². The number of halogens is 4. The maximum atomic E-state index is 15.5. The number of thioether (sulfide) groups is 1. The lowest BCUT2D eigenvalue weighted by atomic mass is 9.81. The van der Waals surface area contributed by atoms with Crippen molar-refractivity contribution in [2.45, 2.75) is 95.8 Å². The molecule has 0 aliphatic heterocycles. The second-order valence-corrected chi connectivity index (χ2v) is 16.5. The molecule has 55 heavy (non-hydrogen) atoms. The summed E-state index contributed by atoms with van der Waals surface area (Å²) in [7, 11) is 1.54. The smallest absolute Gasteiger partial charge is 0.437 e. The Balaban J connectivity index is 1.49. The average molecular weight is 802 g/mol. The van der Waals surface area contributed by atoms with Crippen molar-refractivity contribution in [1.82, 2.24) is 20.2 Å². The number of alkyl carbamates (subject to hydrolysis) is 1. The highest BCUT2D eigenvalue weighted by Crippen LogP contribution is 2.39. The molecule has 0 saturated carbocycles. The second-order valence-electron chi connectivity index (χ2n) is 15.1. The Morgan fingerprint density at radius 1 is 0.909 bits per heavy atom. The standard InChI is InChI=1S/C40H47ClF3N5O5S/c1-38(2,3)53-36(50)47-34(48-37(51)54-39(4,5)6)45-18-10-11-24-19-30(43)28(31(44)20-24)23-55-35-46-22-33(49(35)27-15-13-26(42)14-16-27)40(7,8)25-12-17-29(41)32(21-25)52-9/h12-17,19-22H,10-11,18,23H2,1-9H3,(H2,45,47,48,50,51). The van der Waals surface area contributed by atoms with Crippen LogP contribution in [0.5, 0.6) is 5.75 Å². The van der Waals surface area contributed by atoms with Gasteiger partial charge in [0, 0.05) is 29.0 Å². The third kappa shape index (κ3) is 12.1. The van der Waals surface area contributed by atoms with E-state index in [1.165, 1.54) is 31.4 Å². The molecule has 4 rings (SSSR count). The maximum absolute atomic E-state index is 15.5. The maximum Gasteiger partial charge on any atom is 0.437 e. The molecular formula is C40H47ClF3N5O5S. The van der Waals surface area contributed by atoms with Gasteiger partial charge >= 0.3 is 12.2 Å². The van der Waals surface area contributed by atoms with Crippen LogP contribution in [0.15, 0.2) is 70.9 Å². The van der Waals surface area contributed by atoms with Gasteiger partial charge < -0.3 is 19.5 Å². The van der Waals surface area contributed by atoms with E-state index < -0.39 is 46.3 Å². The van der Waals surface area contributed by atoms with Crippen molar-refractivity contribution in [3.63, 3.8) is 0 Å². The number of aryl methyl sites for hydroxylation is 1. The van der Waals surface area contributed by atoms with Crippen LogP contribution < -0.4 is 15.4 Å². The van der Waals surface area contributed by atoms with E-state index in [4.69, 9.17) is 25.8 Å². The van der Waals surface area contributed by atoms with Gasteiger partial charge in [-0.2, -0.15) is 0 Å². The highest BCUT2D eigenvalue weighted by molar-refractivity contribution is 7.98. The van der Waals surface area contributed by atoms with Crippen LogP contribution in [0, 0.1) is 17.5 Å². The van der Waals surface area contributed by atoms with Crippen LogP contribution in [0.4, 0.5) is 22.8 Å². The molecule has 296 valence electrons. The molecule has 0 unspecified atom stereocenters. The van der Waals surface area contributed by atoms with Gasteiger partial charge in [-0.15, -0.1) is 4.99 Å². The van der Waals surface area contributed by atoms with Gasteiger partial charge in [-0.25, -0.2) is 27.7 Å². The molecular weight excluding hydrogens is 755 g/mol. The number of carbonyl (C=O) groups is 2. The summed E-state index contributed by atoms with van der Waals surface area (Å²) in [5.41, 5.74) is 0.265. The zero-order chi connectivity index (χ0) is 40.7. The molecule has 2 N–H and O–H groups in total. The Hall–Kier alpha value is -4.69. The van der Waals surface area contributed by atoms with Crippen molar-refractivity contribution in [1.29, 1.82) is 0 Å². The summed E-state index contributed by atoms with van der Waals surface area (Å²) in [6.45, 7) is 14.3. The molecule has 0 spiro atoms. The van der Waals surface area contributed by atoms with E-state index in [1.807, 2.05) is 30.5 Å². The van der Waals surface area contributed by atoms with E-state index in [2.05, 4.69) is 20.6 Å². The number of imidazole rings is 1. The SMILES string of the molecule is COc1cc(C(C)(C)c2cnc(SCc3c(F)cc(CCCNC(=NC(=O)OC(C)(C)C)NC(=O)OC(C)(C)C)cc3F)n2-c2ccc(F)cc2)ccc1Cl. The molecule has 4 aromatic rings. The van der Waals surface area contributed by atoms with Crippen molar-refractivity contribution in [3.8, 4) is 11.4 Å². The topological polar surface area (TPSA) is 116 Å². The van der Waals surface area contributed by atoms with Crippen molar-refractivity contribution in [2.24, 2.45) is 4.99 Å². The molecule has 0 fully saturated rings. The lowest BCUT2D eigenvalue weighted by Crippen LogP contribution is -2.44. The van der Waals surface area contributed by atoms with Gasteiger partial charge in [0.2, 0.25) is 5.96 Å². The van der Waals surface area contributed by atoms with E-state index in [0.29, 0.717) is 33.6 Å². The number of rotatable bonds is 11. The second kappa shape index (κ2) is 17.8.